The quantitative estimate of drug-likeness (QED) is 0.583. The van der Waals surface area contributed by atoms with E-state index in [-0.39, 0.29) is 6.04 Å². The molecule has 0 radical (unpaired) electrons. The summed E-state index contributed by atoms with van der Waals surface area (Å²) in [4.78, 5) is 4.79. The molecule has 1 unspecified atom stereocenters. The van der Waals surface area contributed by atoms with E-state index in [2.05, 4.69) is 49.6 Å². The zero-order chi connectivity index (χ0) is 17.5. The van der Waals surface area contributed by atoms with Crippen LogP contribution in [-0.2, 0) is 0 Å². The molecule has 1 atom stereocenters. The normalized spacial score (nSPS) is 12.2. The molecule has 1 heterocycles. The molecule has 24 heavy (non-hydrogen) atoms. The summed E-state index contributed by atoms with van der Waals surface area (Å²) in [5, 5.41) is 4.10. The molecule has 2 rings (SSSR count). The van der Waals surface area contributed by atoms with E-state index in [0.717, 1.165) is 29.6 Å². The molecule has 2 N–H and O–H groups in total. The molecule has 1 aromatic heterocycles. The Morgan fingerprint density at radius 3 is 2.75 bits per heavy atom. The van der Waals surface area contributed by atoms with E-state index in [4.69, 9.17) is 16.6 Å². The van der Waals surface area contributed by atoms with E-state index in [9.17, 15) is 0 Å². The third-order valence-corrected chi connectivity index (χ3v) is 4.92. The SMILES string of the molecule is CSc1cccc(NC(=S)N(CC[NH+](C)C)C(C)c2ccco2)c1. The minimum atomic E-state index is 0.0862. The second-order valence-electron chi connectivity index (χ2n) is 6.00. The lowest BCUT2D eigenvalue weighted by molar-refractivity contribution is -0.857. The first-order valence-electron chi connectivity index (χ1n) is 8.05. The molecule has 0 aliphatic heterocycles. The molecule has 6 heteroatoms. The summed E-state index contributed by atoms with van der Waals surface area (Å²) in [6.07, 6.45) is 3.78. The van der Waals surface area contributed by atoms with Gasteiger partial charge < -0.3 is 19.5 Å². The Hall–Kier alpha value is -1.50. The summed E-state index contributed by atoms with van der Waals surface area (Å²) < 4.78 is 5.58. The van der Waals surface area contributed by atoms with Gasteiger partial charge in [-0.1, -0.05) is 6.07 Å². The standard InChI is InChI=1S/C18H25N3OS2/c1-14(17-9-6-12-22-17)21(11-10-20(2)3)18(23)19-15-7-5-8-16(13-15)24-4/h5-9,12-14H,10-11H2,1-4H3,(H,19,23)/p+1. The number of anilines is 1. The van der Waals surface area contributed by atoms with Gasteiger partial charge in [0.25, 0.3) is 0 Å². The van der Waals surface area contributed by atoms with E-state index < -0.39 is 0 Å². The highest BCUT2D eigenvalue weighted by Gasteiger charge is 2.21. The molecule has 1 aromatic carbocycles. The minimum Gasteiger partial charge on any atom is -0.467 e. The van der Waals surface area contributed by atoms with Crippen molar-refractivity contribution < 1.29 is 9.32 Å². The van der Waals surface area contributed by atoms with Crippen molar-refractivity contribution in [3.8, 4) is 0 Å². The second kappa shape index (κ2) is 9.11. The Labute approximate surface area is 154 Å². The van der Waals surface area contributed by atoms with Gasteiger partial charge in [0.05, 0.1) is 39.5 Å². The van der Waals surface area contributed by atoms with Crippen molar-refractivity contribution in [3.63, 3.8) is 0 Å². The van der Waals surface area contributed by atoms with Crippen LogP contribution in [0.5, 0.6) is 0 Å². The monoisotopic (exact) mass is 364 g/mol. The largest absolute Gasteiger partial charge is 0.467 e. The van der Waals surface area contributed by atoms with E-state index in [1.807, 2.05) is 24.3 Å². The lowest BCUT2D eigenvalue weighted by Gasteiger charge is -2.31. The van der Waals surface area contributed by atoms with Gasteiger partial charge in [-0.3, -0.25) is 0 Å². The third kappa shape index (κ3) is 5.26. The highest BCUT2D eigenvalue weighted by molar-refractivity contribution is 7.98. The smallest absolute Gasteiger partial charge is 0.174 e. The van der Waals surface area contributed by atoms with Crippen molar-refractivity contribution >= 4 is 34.8 Å². The lowest BCUT2D eigenvalue weighted by atomic mass is 10.2. The molecule has 0 bridgehead atoms. The number of nitrogens with zero attached hydrogens (tertiary/aromatic N) is 1. The average molecular weight is 365 g/mol. The van der Waals surface area contributed by atoms with Gasteiger partial charge in [-0.25, -0.2) is 0 Å². The van der Waals surface area contributed by atoms with Crippen molar-refractivity contribution in [2.75, 3.05) is 38.8 Å². The van der Waals surface area contributed by atoms with E-state index >= 15 is 0 Å². The summed E-state index contributed by atoms with van der Waals surface area (Å²) in [7, 11) is 4.29. The Balaban J connectivity index is 2.13. The van der Waals surface area contributed by atoms with Crippen LogP contribution in [0.2, 0.25) is 0 Å². The molecular weight excluding hydrogens is 338 g/mol. The zero-order valence-corrected chi connectivity index (χ0v) is 16.3. The summed E-state index contributed by atoms with van der Waals surface area (Å²) in [6, 6.07) is 12.3. The fourth-order valence-electron chi connectivity index (χ4n) is 2.39. The average Bonchev–Trinajstić information content (AvgIpc) is 3.09. The highest BCUT2D eigenvalue weighted by atomic mass is 32.2. The van der Waals surface area contributed by atoms with Crippen LogP contribution in [0.15, 0.2) is 52.0 Å². The fraction of sp³-hybridized carbons (Fsp3) is 0.389. The van der Waals surface area contributed by atoms with Crippen LogP contribution in [0.1, 0.15) is 18.7 Å². The van der Waals surface area contributed by atoms with Gasteiger partial charge in [0, 0.05) is 10.6 Å². The first-order chi connectivity index (χ1) is 11.5. The van der Waals surface area contributed by atoms with Crippen LogP contribution < -0.4 is 10.2 Å². The summed E-state index contributed by atoms with van der Waals surface area (Å²) >= 11 is 7.42. The van der Waals surface area contributed by atoms with Gasteiger partial charge in [0.1, 0.15) is 5.76 Å². The number of hydrogen-bond donors (Lipinski definition) is 2. The molecule has 0 fully saturated rings. The van der Waals surface area contributed by atoms with Crippen LogP contribution in [0.4, 0.5) is 5.69 Å². The molecule has 2 aromatic rings. The molecule has 4 nitrogen and oxygen atoms in total. The van der Waals surface area contributed by atoms with Crippen molar-refractivity contribution in [1.82, 2.24) is 4.90 Å². The summed E-state index contributed by atoms with van der Waals surface area (Å²) in [6.45, 7) is 3.98. The number of rotatable bonds is 7. The molecule has 0 saturated carbocycles. The second-order valence-corrected chi connectivity index (χ2v) is 7.27. The molecule has 0 spiro atoms. The maximum Gasteiger partial charge on any atom is 0.174 e. The molecule has 0 amide bonds. The number of hydrogen-bond acceptors (Lipinski definition) is 3. The van der Waals surface area contributed by atoms with Gasteiger partial charge in [-0.2, -0.15) is 0 Å². The van der Waals surface area contributed by atoms with E-state index in [1.165, 1.54) is 9.80 Å². The number of nitrogens with one attached hydrogen (secondary N) is 2. The van der Waals surface area contributed by atoms with E-state index in [1.54, 1.807) is 18.0 Å². The van der Waals surface area contributed by atoms with Crippen molar-refractivity contribution in [2.45, 2.75) is 17.9 Å². The fourth-order valence-corrected chi connectivity index (χ4v) is 3.22. The number of furan rings is 1. The Morgan fingerprint density at radius 2 is 2.12 bits per heavy atom. The van der Waals surface area contributed by atoms with Gasteiger partial charge in [0.15, 0.2) is 5.11 Å². The van der Waals surface area contributed by atoms with Crippen molar-refractivity contribution in [3.05, 3.63) is 48.4 Å². The number of likely N-dealkylation sites (N-methyl/N-ethyl adjacent to an activating group) is 1. The Morgan fingerprint density at radius 1 is 1.33 bits per heavy atom. The molecule has 0 aliphatic carbocycles. The lowest BCUT2D eigenvalue weighted by Crippen LogP contribution is -3.06. The predicted octanol–water partition coefficient (Wildman–Crippen LogP) is 2.91. The topological polar surface area (TPSA) is 32.9 Å². The van der Waals surface area contributed by atoms with Crippen molar-refractivity contribution in [1.29, 1.82) is 0 Å². The Kier molecular flexibility index (Phi) is 7.15. The maximum atomic E-state index is 5.70. The van der Waals surface area contributed by atoms with Gasteiger partial charge in [-0.05, 0) is 55.7 Å². The van der Waals surface area contributed by atoms with Crippen LogP contribution >= 0.6 is 24.0 Å². The van der Waals surface area contributed by atoms with Crippen LogP contribution in [0.25, 0.3) is 0 Å². The van der Waals surface area contributed by atoms with Crippen LogP contribution in [0.3, 0.4) is 0 Å². The number of thioether (sulfide) groups is 1. The Bertz CT molecular complexity index is 643. The predicted molar refractivity (Wildman–Crippen MR) is 106 cm³/mol. The van der Waals surface area contributed by atoms with Crippen LogP contribution in [0, 0.1) is 0 Å². The summed E-state index contributed by atoms with van der Waals surface area (Å²) in [5.41, 5.74) is 1.01. The maximum absolute atomic E-state index is 5.70. The van der Waals surface area contributed by atoms with Gasteiger partial charge in [-0.15, -0.1) is 11.8 Å². The minimum absolute atomic E-state index is 0.0862. The molecule has 130 valence electrons. The highest BCUT2D eigenvalue weighted by Crippen LogP contribution is 2.23. The molecular formula is C18H26N3OS2+. The summed E-state index contributed by atoms with van der Waals surface area (Å²) in [5.74, 6) is 0.922. The van der Waals surface area contributed by atoms with Crippen LogP contribution in [-0.4, -0.2) is 43.5 Å². The first-order valence-corrected chi connectivity index (χ1v) is 9.68. The number of quaternary nitrogens is 1. The molecule has 0 saturated heterocycles. The number of benzene rings is 1. The zero-order valence-electron chi connectivity index (χ0n) is 14.7. The van der Waals surface area contributed by atoms with Crippen molar-refractivity contribution in [2.24, 2.45) is 0 Å². The first kappa shape index (κ1) is 18.8. The number of thiocarbonyl (C=S) groups is 1. The van der Waals surface area contributed by atoms with Gasteiger partial charge in [0.2, 0.25) is 0 Å². The molecule has 0 aliphatic rings. The van der Waals surface area contributed by atoms with E-state index in [0.29, 0.717) is 0 Å². The third-order valence-electron chi connectivity index (χ3n) is 3.86. The van der Waals surface area contributed by atoms with Gasteiger partial charge >= 0.3 is 0 Å².